The standard InChI is InChI=1S/C8H12N4O4.CH4N2O2/c9-7-10-3-12(8(15)11-7)6-1-4(14)5(2-13)16-6;2-1(4)3-5/h3-6,13-14H,1-2H2,(H2,9,11,15);5H,(H3,2,3,4)/t4-,5+,6+;/m0./s1. The predicted molar refractivity (Wildman–Crippen MR) is 66.8 cm³/mol. The quantitative estimate of drug-likeness (QED) is 0.242. The van der Waals surface area contributed by atoms with Crippen molar-refractivity contribution in [2.24, 2.45) is 5.73 Å². The van der Waals surface area contributed by atoms with E-state index in [0.717, 1.165) is 4.57 Å². The van der Waals surface area contributed by atoms with E-state index in [-0.39, 0.29) is 19.0 Å². The van der Waals surface area contributed by atoms with Gasteiger partial charge in [0.1, 0.15) is 18.7 Å². The second-order valence-electron chi connectivity index (χ2n) is 4.00. The van der Waals surface area contributed by atoms with Crippen LogP contribution in [-0.2, 0) is 4.74 Å². The maximum atomic E-state index is 11.4. The Hall–Kier alpha value is -2.28. The minimum atomic E-state index is -0.940. The van der Waals surface area contributed by atoms with E-state index in [1.165, 1.54) is 11.8 Å². The van der Waals surface area contributed by atoms with Gasteiger partial charge < -0.3 is 26.4 Å². The van der Waals surface area contributed by atoms with E-state index in [4.69, 9.17) is 20.8 Å². The lowest BCUT2D eigenvalue weighted by atomic mass is 10.2. The van der Waals surface area contributed by atoms with Crippen LogP contribution in [0.1, 0.15) is 12.6 Å². The van der Waals surface area contributed by atoms with E-state index in [1.807, 2.05) is 0 Å². The lowest BCUT2D eigenvalue weighted by Gasteiger charge is -2.13. The second-order valence-corrected chi connectivity index (χ2v) is 4.00. The van der Waals surface area contributed by atoms with Gasteiger partial charge in [-0.05, 0) is 0 Å². The number of hydroxylamine groups is 1. The van der Waals surface area contributed by atoms with Crippen LogP contribution in [0, 0.1) is 0 Å². The zero-order chi connectivity index (χ0) is 16.0. The molecule has 1 saturated heterocycles. The maximum Gasteiger partial charge on any atom is 0.354 e. The van der Waals surface area contributed by atoms with Gasteiger partial charge in [-0.1, -0.05) is 0 Å². The van der Waals surface area contributed by atoms with Crippen LogP contribution in [0.25, 0.3) is 0 Å². The molecule has 0 unspecified atom stereocenters. The van der Waals surface area contributed by atoms with E-state index < -0.39 is 30.2 Å². The number of nitrogens with one attached hydrogen (secondary N) is 1. The number of aliphatic hydroxyl groups is 2. The highest BCUT2D eigenvalue weighted by Crippen LogP contribution is 2.26. The fraction of sp³-hybridized carbons (Fsp3) is 0.556. The lowest BCUT2D eigenvalue weighted by molar-refractivity contribution is -0.0462. The summed E-state index contributed by atoms with van der Waals surface area (Å²) >= 11 is 0. The van der Waals surface area contributed by atoms with Crippen LogP contribution in [0.5, 0.6) is 0 Å². The van der Waals surface area contributed by atoms with Crippen molar-refractivity contribution in [3.05, 3.63) is 16.8 Å². The van der Waals surface area contributed by atoms with Crippen LogP contribution in [0.4, 0.5) is 10.7 Å². The number of nitrogens with zero attached hydrogens (tertiary/aromatic N) is 3. The van der Waals surface area contributed by atoms with Crippen LogP contribution in [-0.4, -0.2) is 54.8 Å². The topological polar surface area (TPSA) is 199 Å². The Labute approximate surface area is 117 Å². The fourth-order valence-electron chi connectivity index (χ4n) is 1.60. The Kier molecular flexibility index (Phi) is 5.98. The third-order valence-electron chi connectivity index (χ3n) is 2.55. The Bertz CT molecular complexity index is 536. The van der Waals surface area contributed by atoms with Gasteiger partial charge in [0.25, 0.3) is 0 Å². The van der Waals surface area contributed by atoms with Gasteiger partial charge in [0.2, 0.25) is 5.95 Å². The van der Waals surface area contributed by atoms with E-state index in [2.05, 4.69) is 15.7 Å². The summed E-state index contributed by atoms with van der Waals surface area (Å²) in [7, 11) is 0. The number of hydrogen-bond acceptors (Lipinski definition) is 9. The molecule has 8 N–H and O–H groups in total. The zero-order valence-electron chi connectivity index (χ0n) is 10.8. The van der Waals surface area contributed by atoms with E-state index in [9.17, 15) is 14.7 Å². The molecule has 3 atom stereocenters. The molecule has 0 aliphatic carbocycles. The van der Waals surface area contributed by atoms with Gasteiger partial charge >= 0.3 is 11.7 Å². The van der Waals surface area contributed by atoms with E-state index in [1.54, 1.807) is 0 Å². The molecule has 118 valence electrons. The van der Waals surface area contributed by atoms with Gasteiger partial charge in [0, 0.05) is 6.42 Å². The Balaban J connectivity index is 0.000000383. The van der Waals surface area contributed by atoms with Crippen molar-refractivity contribution < 1.29 is 25.0 Å². The van der Waals surface area contributed by atoms with Gasteiger partial charge in [-0.2, -0.15) is 4.98 Å². The number of nitrogens with two attached hydrogens (primary N) is 2. The Morgan fingerprint density at radius 2 is 2.24 bits per heavy atom. The molecule has 1 fully saturated rings. The summed E-state index contributed by atoms with van der Waals surface area (Å²) in [6.45, 7) is -0.303. The smallest absolute Gasteiger partial charge is 0.354 e. The molecule has 12 nitrogen and oxygen atoms in total. The maximum absolute atomic E-state index is 11.4. The number of anilines is 1. The fourth-order valence-corrected chi connectivity index (χ4v) is 1.60. The number of primary amides is 1. The van der Waals surface area contributed by atoms with Gasteiger partial charge in [0.15, 0.2) is 0 Å². The van der Waals surface area contributed by atoms with Gasteiger partial charge in [-0.3, -0.25) is 9.77 Å². The highest BCUT2D eigenvalue weighted by atomic mass is 16.5. The Morgan fingerprint density at radius 3 is 2.67 bits per heavy atom. The van der Waals surface area contributed by atoms with Crippen molar-refractivity contribution in [2.45, 2.75) is 24.9 Å². The summed E-state index contributed by atoms with van der Waals surface area (Å²) in [4.78, 5) is 27.8. The number of carbonyl (C=O) groups is 1. The first kappa shape index (κ1) is 16.8. The number of aromatic nitrogens is 3. The van der Waals surface area contributed by atoms with Crippen molar-refractivity contribution in [2.75, 3.05) is 12.3 Å². The number of rotatable bonds is 2. The van der Waals surface area contributed by atoms with E-state index in [0.29, 0.717) is 0 Å². The first-order chi connectivity index (χ1) is 9.88. The van der Waals surface area contributed by atoms with Crippen LogP contribution in [0.15, 0.2) is 11.1 Å². The molecule has 1 aromatic heterocycles. The summed E-state index contributed by atoms with van der Waals surface area (Å²) in [6.07, 6.45) is -0.741. The number of aliphatic hydroxyl groups excluding tert-OH is 2. The van der Waals surface area contributed by atoms with Crippen LogP contribution in [0.3, 0.4) is 0 Å². The van der Waals surface area contributed by atoms with Crippen molar-refractivity contribution in [1.29, 1.82) is 0 Å². The average Bonchev–Trinajstić information content (AvgIpc) is 2.80. The highest BCUT2D eigenvalue weighted by Gasteiger charge is 2.35. The largest absolute Gasteiger partial charge is 0.394 e. The number of ether oxygens (including phenoxy) is 1. The van der Waals surface area contributed by atoms with E-state index >= 15 is 0 Å². The van der Waals surface area contributed by atoms with Gasteiger partial charge in [-0.25, -0.2) is 20.1 Å². The molecule has 2 amide bonds. The van der Waals surface area contributed by atoms with Gasteiger partial charge in [0.05, 0.1) is 12.7 Å². The van der Waals surface area contributed by atoms with Crippen molar-refractivity contribution >= 4 is 12.0 Å². The normalized spacial score (nSPS) is 24.0. The van der Waals surface area contributed by atoms with Crippen LogP contribution >= 0.6 is 0 Å². The Morgan fingerprint density at radius 1 is 1.62 bits per heavy atom. The zero-order valence-corrected chi connectivity index (χ0v) is 10.8. The monoisotopic (exact) mass is 304 g/mol. The summed E-state index contributed by atoms with van der Waals surface area (Å²) in [5.74, 6) is -0.112. The van der Waals surface area contributed by atoms with Crippen molar-refractivity contribution in [3.63, 3.8) is 0 Å². The molecule has 2 rings (SSSR count). The molecule has 1 aliphatic rings. The number of carbonyl (C=O) groups excluding carboxylic acids is 1. The minimum absolute atomic E-state index is 0.112. The summed E-state index contributed by atoms with van der Waals surface area (Å²) in [6, 6.07) is -0.940. The van der Waals surface area contributed by atoms with Gasteiger partial charge in [-0.15, -0.1) is 0 Å². The summed E-state index contributed by atoms with van der Waals surface area (Å²) < 4.78 is 6.41. The molecular weight excluding hydrogens is 288 g/mol. The number of hydrogen-bond donors (Lipinski definition) is 6. The molecule has 2 heterocycles. The SMILES string of the molecule is NC(=O)NO.Nc1ncn([C@H]2C[C@H](O)[C@@H](CO)O2)c(=O)n1. The van der Waals surface area contributed by atoms with Crippen molar-refractivity contribution in [1.82, 2.24) is 20.0 Å². The molecule has 0 saturated carbocycles. The van der Waals surface area contributed by atoms with Crippen LogP contribution in [0.2, 0.25) is 0 Å². The first-order valence-corrected chi connectivity index (χ1v) is 5.73. The molecule has 12 heteroatoms. The third kappa shape index (κ3) is 4.64. The average molecular weight is 304 g/mol. The summed E-state index contributed by atoms with van der Waals surface area (Å²) in [5, 5.41) is 25.8. The number of nitrogen functional groups attached to an aromatic ring is 1. The number of urea groups is 1. The number of amides is 2. The molecule has 21 heavy (non-hydrogen) atoms. The first-order valence-electron chi connectivity index (χ1n) is 5.73. The van der Waals surface area contributed by atoms with Crippen molar-refractivity contribution in [3.8, 4) is 0 Å². The molecule has 0 spiro atoms. The van der Waals surface area contributed by atoms with Crippen LogP contribution < -0.4 is 22.6 Å². The second kappa shape index (κ2) is 7.49. The minimum Gasteiger partial charge on any atom is -0.394 e. The lowest BCUT2D eigenvalue weighted by Crippen LogP contribution is -2.28. The predicted octanol–water partition coefficient (Wildman–Crippen LogP) is -3.09. The molecule has 0 radical (unpaired) electrons. The third-order valence-corrected chi connectivity index (χ3v) is 2.55. The molecule has 1 aliphatic heterocycles. The molecule has 0 aromatic carbocycles. The molecule has 0 bridgehead atoms. The summed E-state index contributed by atoms with van der Waals surface area (Å²) in [5.41, 5.74) is 10.1. The molecular formula is C9H16N6O6. The molecule has 1 aromatic rings. The highest BCUT2D eigenvalue weighted by molar-refractivity contribution is 5.69.